The number of carboxylic acid groups (broad SMARTS) is 1. The molecule has 1 aliphatic rings. The molecule has 1 aromatic rings. The number of carboxylic acids is 1. The lowest BCUT2D eigenvalue weighted by molar-refractivity contribution is -0.139. The van der Waals surface area contributed by atoms with E-state index in [4.69, 9.17) is 16.7 Å². The van der Waals surface area contributed by atoms with E-state index in [9.17, 15) is 9.59 Å². The van der Waals surface area contributed by atoms with Crippen molar-refractivity contribution in [3.63, 3.8) is 0 Å². The lowest BCUT2D eigenvalue weighted by atomic mass is 10.2. The predicted octanol–water partition coefficient (Wildman–Crippen LogP) is 2.76. The number of benzene rings is 1. The van der Waals surface area contributed by atoms with Crippen LogP contribution in [0, 0.1) is 11.8 Å². The van der Waals surface area contributed by atoms with Crippen LogP contribution in [0.4, 0.5) is 5.69 Å². The minimum atomic E-state index is -0.921. The molecule has 1 fully saturated rings. The van der Waals surface area contributed by atoms with E-state index in [0.29, 0.717) is 21.6 Å². The van der Waals surface area contributed by atoms with Gasteiger partial charge in [0.1, 0.15) is 0 Å². The topological polar surface area (TPSA) is 66.4 Å². The van der Waals surface area contributed by atoms with Gasteiger partial charge < -0.3 is 10.4 Å². The van der Waals surface area contributed by atoms with E-state index in [-0.39, 0.29) is 5.91 Å². The first-order valence-electron chi connectivity index (χ1n) is 4.98. The van der Waals surface area contributed by atoms with E-state index in [1.807, 2.05) is 0 Å². The van der Waals surface area contributed by atoms with E-state index < -0.39 is 17.8 Å². The molecule has 17 heavy (non-hydrogen) atoms. The van der Waals surface area contributed by atoms with Crippen LogP contribution >= 0.6 is 27.5 Å². The Labute approximate surface area is 111 Å². The van der Waals surface area contributed by atoms with Crippen molar-refractivity contribution < 1.29 is 14.7 Å². The van der Waals surface area contributed by atoms with E-state index in [0.717, 1.165) is 0 Å². The zero-order valence-electron chi connectivity index (χ0n) is 8.61. The number of halogens is 2. The van der Waals surface area contributed by atoms with Crippen molar-refractivity contribution in [1.82, 2.24) is 0 Å². The van der Waals surface area contributed by atoms with Crippen molar-refractivity contribution >= 4 is 45.1 Å². The average Bonchev–Trinajstić information content (AvgIpc) is 3.04. The van der Waals surface area contributed by atoms with E-state index in [2.05, 4.69) is 21.2 Å². The summed E-state index contributed by atoms with van der Waals surface area (Å²) in [5.41, 5.74) is 0.554. The van der Waals surface area contributed by atoms with E-state index in [1.165, 1.54) is 0 Å². The number of nitrogens with one attached hydrogen (secondary N) is 1. The second kappa shape index (κ2) is 4.66. The largest absolute Gasteiger partial charge is 0.481 e. The van der Waals surface area contributed by atoms with Gasteiger partial charge in [-0.15, -0.1) is 0 Å². The molecule has 1 aliphatic carbocycles. The maximum atomic E-state index is 11.7. The molecule has 90 valence electrons. The summed E-state index contributed by atoms with van der Waals surface area (Å²) in [6.45, 7) is 0. The molecule has 2 rings (SSSR count). The van der Waals surface area contributed by atoms with Gasteiger partial charge in [-0.2, -0.15) is 0 Å². The lowest BCUT2D eigenvalue weighted by Crippen LogP contribution is -2.17. The number of anilines is 1. The summed E-state index contributed by atoms with van der Waals surface area (Å²) in [6.07, 6.45) is 0.402. The number of hydrogen-bond acceptors (Lipinski definition) is 2. The highest BCUT2D eigenvalue weighted by molar-refractivity contribution is 9.10. The maximum absolute atomic E-state index is 11.7. The van der Waals surface area contributed by atoms with Crippen LogP contribution in [-0.2, 0) is 9.59 Å². The van der Waals surface area contributed by atoms with Gasteiger partial charge in [0, 0.05) is 0 Å². The van der Waals surface area contributed by atoms with Crippen LogP contribution < -0.4 is 5.32 Å². The molecule has 0 spiro atoms. The van der Waals surface area contributed by atoms with Crippen LogP contribution in [0.1, 0.15) is 6.42 Å². The number of aliphatic carboxylic acids is 1. The molecule has 1 aromatic carbocycles. The molecule has 1 amide bonds. The number of carbonyl (C=O) groups is 2. The van der Waals surface area contributed by atoms with E-state index in [1.54, 1.807) is 18.2 Å². The molecule has 0 aromatic heterocycles. The Balaban J connectivity index is 2.05. The van der Waals surface area contributed by atoms with Gasteiger partial charge in [0.05, 0.1) is 27.0 Å². The SMILES string of the molecule is O=C(O)[C@H]1C[C@H]1C(=O)Nc1cccc(Cl)c1Br. The maximum Gasteiger partial charge on any atom is 0.307 e. The molecule has 0 aliphatic heterocycles. The standard InChI is InChI=1S/C11H9BrClNO3/c12-9-7(13)2-1-3-8(9)14-10(15)5-4-6(5)11(16)17/h1-3,5-6H,4H2,(H,14,15)(H,16,17)/t5-,6+/m1/s1. The molecule has 0 saturated heterocycles. The fraction of sp³-hybridized carbons (Fsp3) is 0.273. The number of hydrogen-bond donors (Lipinski definition) is 2. The number of carbonyl (C=O) groups excluding carboxylic acids is 1. The lowest BCUT2D eigenvalue weighted by Gasteiger charge is -2.07. The van der Waals surface area contributed by atoms with E-state index >= 15 is 0 Å². The van der Waals surface area contributed by atoms with Crippen molar-refractivity contribution in [2.75, 3.05) is 5.32 Å². The Morgan fingerprint density at radius 2 is 2.12 bits per heavy atom. The second-order valence-electron chi connectivity index (χ2n) is 3.88. The van der Waals surface area contributed by atoms with Crippen molar-refractivity contribution in [2.45, 2.75) is 6.42 Å². The summed E-state index contributed by atoms with van der Waals surface area (Å²) in [5, 5.41) is 11.9. The summed E-state index contributed by atoms with van der Waals surface area (Å²) in [4.78, 5) is 22.4. The van der Waals surface area contributed by atoms with Gasteiger partial charge in [0.15, 0.2) is 0 Å². The molecule has 0 heterocycles. The summed E-state index contributed by atoms with van der Waals surface area (Å²) in [6, 6.07) is 5.11. The van der Waals surface area contributed by atoms with Gasteiger partial charge in [-0.1, -0.05) is 17.7 Å². The monoisotopic (exact) mass is 317 g/mol. The van der Waals surface area contributed by atoms with Crippen LogP contribution in [0.2, 0.25) is 5.02 Å². The molecule has 0 radical (unpaired) electrons. The molecule has 4 nitrogen and oxygen atoms in total. The third-order valence-electron chi connectivity index (χ3n) is 2.65. The minimum absolute atomic E-state index is 0.277. The zero-order valence-corrected chi connectivity index (χ0v) is 11.0. The van der Waals surface area contributed by atoms with Gasteiger partial charge in [-0.05, 0) is 34.5 Å². The number of rotatable bonds is 3. The first-order valence-corrected chi connectivity index (χ1v) is 6.15. The quantitative estimate of drug-likeness (QED) is 0.900. The van der Waals surface area contributed by atoms with Crippen molar-refractivity contribution in [1.29, 1.82) is 0 Å². The fourth-order valence-corrected chi connectivity index (χ4v) is 2.12. The third-order valence-corrected chi connectivity index (χ3v) is 4.05. The molecule has 0 unspecified atom stereocenters. The Morgan fingerprint density at radius 1 is 1.41 bits per heavy atom. The molecule has 0 bridgehead atoms. The van der Waals surface area contributed by atoms with Gasteiger partial charge in [-0.3, -0.25) is 9.59 Å². The molecular weight excluding hydrogens is 309 g/mol. The minimum Gasteiger partial charge on any atom is -0.481 e. The first-order chi connectivity index (χ1) is 8.00. The van der Waals surface area contributed by atoms with Crippen LogP contribution in [0.5, 0.6) is 0 Å². The first kappa shape index (κ1) is 12.4. The van der Waals surface area contributed by atoms with Crippen molar-refractivity contribution in [3.8, 4) is 0 Å². The average molecular weight is 319 g/mol. The molecule has 1 saturated carbocycles. The molecule has 6 heteroatoms. The van der Waals surface area contributed by atoms with Crippen LogP contribution in [0.25, 0.3) is 0 Å². The highest BCUT2D eigenvalue weighted by Crippen LogP contribution is 2.40. The van der Waals surface area contributed by atoms with Crippen molar-refractivity contribution in [3.05, 3.63) is 27.7 Å². The molecule has 2 atom stereocenters. The van der Waals surface area contributed by atoms with Gasteiger partial charge in [-0.25, -0.2) is 0 Å². The van der Waals surface area contributed by atoms with Crippen LogP contribution in [0.3, 0.4) is 0 Å². The Bertz CT molecular complexity index is 492. The fourth-order valence-electron chi connectivity index (χ4n) is 1.58. The Hall–Kier alpha value is -1.07. The Kier molecular flexibility index (Phi) is 3.40. The summed E-state index contributed by atoms with van der Waals surface area (Å²) in [5.74, 6) is -2.18. The highest BCUT2D eigenvalue weighted by atomic mass is 79.9. The normalized spacial score (nSPS) is 22.0. The molecular formula is C11H9BrClNO3. The Morgan fingerprint density at radius 3 is 2.71 bits per heavy atom. The summed E-state index contributed by atoms with van der Waals surface area (Å²) >= 11 is 9.14. The van der Waals surface area contributed by atoms with Crippen LogP contribution in [-0.4, -0.2) is 17.0 Å². The smallest absolute Gasteiger partial charge is 0.307 e. The summed E-state index contributed by atoms with van der Waals surface area (Å²) in [7, 11) is 0. The highest BCUT2D eigenvalue weighted by Gasteiger charge is 2.48. The third kappa shape index (κ3) is 2.61. The second-order valence-corrected chi connectivity index (χ2v) is 5.08. The predicted molar refractivity (Wildman–Crippen MR) is 67.0 cm³/mol. The number of amides is 1. The van der Waals surface area contributed by atoms with Gasteiger partial charge >= 0.3 is 5.97 Å². The van der Waals surface area contributed by atoms with Gasteiger partial charge in [0.25, 0.3) is 0 Å². The zero-order chi connectivity index (χ0) is 12.6. The van der Waals surface area contributed by atoms with Gasteiger partial charge in [0.2, 0.25) is 5.91 Å². The van der Waals surface area contributed by atoms with Crippen molar-refractivity contribution in [2.24, 2.45) is 11.8 Å². The molecule has 2 N–H and O–H groups in total. The summed E-state index contributed by atoms with van der Waals surface area (Å²) < 4.78 is 0.600. The van der Waals surface area contributed by atoms with Crippen LogP contribution in [0.15, 0.2) is 22.7 Å².